The molecule has 4 heteroatoms. The third kappa shape index (κ3) is 3.58. The highest BCUT2D eigenvalue weighted by Crippen LogP contribution is 2.44. The first-order valence-electron chi connectivity index (χ1n) is 7.60. The van der Waals surface area contributed by atoms with Crippen molar-refractivity contribution < 1.29 is 4.79 Å². The van der Waals surface area contributed by atoms with E-state index in [1.165, 1.54) is 0 Å². The Labute approximate surface area is 132 Å². The second-order valence-corrected chi connectivity index (χ2v) is 7.19. The molecule has 0 saturated heterocycles. The van der Waals surface area contributed by atoms with Gasteiger partial charge in [-0.15, -0.1) is 0 Å². The number of nitrogens with one attached hydrogen (secondary N) is 1. The first kappa shape index (κ1) is 16.3. The van der Waals surface area contributed by atoms with Crippen LogP contribution in [0, 0.1) is 17.3 Å². The van der Waals surface area contributed by atoms with Gasteiger partial charge in [-0.1, -0.05) is 44.5 Å². The zero-order chi connectivity index (χ0) is 15.6. The van der Waals surface area contributed by atoms with Crippen molar-refractivity contribution in [2.45, 2.75) is 46.2 Å². The molecule has 1 aromatic rings. The second-order valence-electron chi connectivity index (χ2n) is 6.75. The lowest BCUT2D eigenvalue weighted by molar-refractivity contribution is -0.132. The van der Waals surface area contributed by atoms with Crippen LogP contribution >= 0.6 is 11.6 Å². The molecule has 0 aromatic heterocycles. The van der Waals surface area contributed by atoms with E-state index >= 15 is 0 Å². The molecule has 1 aromatic carbocycles. The number of halogens is 1. The fourth-order valence-electron chi connectivity index (χ4n) is 3.28. The Balaban J connectivity index is 2.00. The van der Waals surface area contributed by atoms with Gasteiger partial charge in [-0.3, -0.25) is 4.79 Å². The van der Waals surface area contributed by atoms with E-state index in [-0.39, 0.29) is 23.3 Å². The molecule has 21 heavy (non-hydrogen) atoms. The molecule has 1 aliphatic rings. The van der Waals surface area contributed by atoms with Crippen LogP contribution in [-0.2, 0) is 11.3 Å². The van der Waals surface area contributed by atoms with Gasteiger partial charge in [0, 0.05) is 23.5 Å². The van der Waals surface area contributed by atoms with Crippen molar-refractivity contribution in [1.29, 1.82) is 0 Å². The second kappa shape index (κ2) is 6.37. The van der Waals surface area contributed by atoms with Crippen LogP contribution in [0.25, 0.3) is 0 Å². The number of rotatable bonds is 3. The van der Waals surface area contributed by atoms with Crippen LogP contribution in [-0.4, -0.2) is 11.9 Å². The van der Waals surface area contributed by atoms with Crippen molar-refractivity contribution in [3.05, 3.63) is 34.9 Å². The van der Waals surface area contributed by atoms with E-state index in [9.17, 15) is 4.79 Å². The number of carbonyl (C=O) groups excluding carboxylic acids is 1. The molecular weight excluding hydrogens is 284 g/mol. The van der Waals surface area contributed by atoms with Gasteiger partial charge in [-0.05, 0) is 41.9 Å². The maximum atomic E-state index is 12.5. The number of benzene rings is 1. The molecule has 1 aliphatic carbocycles. The van der Waals surface area contributed by atoms with E-state index in [1.807, 2.05) is 24.3 Å². The normalized spacial score (nSPS) is 28.1. The van der Waals surface area contributed by atoms with Crippen LogP contribution in [0.4, 0.5) is 0 Å². The van der Waals surface area contributed by atoms with E-state index < -0.39 is 0 Å². The predicted octanol–water partition coefficient (Wildman–Crippen LogP) is 3.36. The summed E-state index contributed by atoms with van der Waals surface area (Å²) in [7, 11) is 0. The highest BCUT2D eigenvalue weighted by Gasteiger charge is 2.44. The summed E-state index contributed by atoms with van der Waals surface area (Å²) in [5, 5.41) is 3.74. The van der Waals surface area contributed by atoms with Crippen molar-refractivity contribution in [1.82, 2.24) is 5.32 Å². The fourth-order valence-corrected chi connectivity index (χ4v) is 3.49. The highest BCUT2D eigenvalue weighted by molar-refractivity contribution is 6.30. The number of nitrogens with two attached hydrogens (primary N) is 1. The molecule has 0 heterocycles. The Bertz CT molecular complexity index is 515. The Morgan fingerprint density at radius 2 is 2.14 bits per heavy atom. The Morgan fingerprint density at radius 3 is 2.81 bits per heavy atom. The van der Waals surface area contributed by atoms with Gasteiger partial charge in [0.25, 0.3) is 0 Å². The van der Waals surface area contributed by atoms with Crippen molar-refractivity contribution in [3.63, 3.8) is 0 Å². The SMILES string of the molecule is CC1C(N)CCC(C(=O)NCc2cccc(Cl)c2)C1(C)C. The van der Waals surface area contributed by atoms with E-state index in [0.29, 0.717) is 17.5 Å². The van der Waals surface area contributed by atoms with Gasteiger partial charge in [-0.2, -0.15) is 0 Å². The summed E-state index contributed by atoms with van der Waals surface area (Å²) in [4.78, 5) is 12.5. The first-order chi connectivity index (χ1) is 9.82. The molecule has 3 unspecified atom stereocenters. The van der Waals surface area contributed by atoms with Crippen LogP contribution in [0.3, 0.4) is 0 Å². The minimum atomic E-state index is -0.0733. The monoisotopic (exact) mass is 308 g/mol. The summed E-state index contributed by atoms with van der Waals surface area (Å²) < 4.78 is 0. The molecule has 0 bridgehead atoms. The van der Waals surface area contributed by atoms with Crippen molar-refractivity contribution in [2.24, 2.45) is 23.0 Å². The van der Waals surface area contributed by atoms with Crippen molar-refractivity contribution in [3.8, 4) is 0 Å². The third-order valence-electron chi connectivity index (χ3n) is 5.17. The van der Waals surface area contributed by atoms with E-state index in [0.717, 1.165) is 18.4 Å². The topological polar surface area (TPSA) is 55.1 Å². The van der Waals surface area contributed by atoms with Crippen LogP contribution in [0.1, 0.15) is 39.2 Å². The highest BCUT2D eigenvalue weighted by atomic mass is 35.5. The van der Waals surface area contributed by atoms with Crippen molar-refractivity contribution in [2.75, 3.05) is 0 Å². The summed E-state index contributed by atoms with van der Waals surface area (Å²) in [6.07, 6.45) is 1.78. The summed E-state index contributed by atoms with van der Waals surface area (Å²) >= 11 is 5.96. The summed E-state index contributed by atoms with van der Waals surface area (Å²) in [6.45, 7) is 6.98. The van der Waals surface area contributed by atoms with Crippen molar-refractivity contribution >= 4 is 17.5 Å². The molecule has 116 valence electrons. The molecule has 0 spiro atoms. The lowest BCUT2D eigenvalue weighted by Gasteiger charge is -2.46. The maximum absolute atomic E-state index is 12.5. The molecule has 1 saturated carbocycles. The van der Waals surface area contributed by atoms with Crippen LogP contribution in [0.2, 0.25) is 5.02 Å². The predicted molar refractivity (Wildman–Crippen MR) is 86.9 cm³/mol. The molecule has 2 rings (SSSR count). The van der Waals surface area contributed by atoms with Gasteiger partial charge in [0.15, 0.2) is 0 Å². The Morgan fingerprint density at radius 1 is 1.43 bits per heavy atom. The van der Waals surface area contributed by atoms with Gasteiger partial charge in [0.1, 0.15) is 0 Å². The fraction of sp³-hybridized carbons (Fsp3) is 0.588. The third-order valence-corrected chi connectivity index (χ3v) is 5.41. The first-order valence-corrected chi connectivity index (χ1v) is 7.98. The van der Waals surface area contributed by atoms with E-state index in [4.69, 9.17) is 17.3 Å². The molecule has 1 fully saturated rings. The number of amides is 1. The van der Waals surface area contributed by atoms with Crippen LogP contribution in [0.15, 0.2) is 24.3 Å². The molecule has 0 aliphatic heterocycles. The molecule has 3 nitrogen and oxygen atoms in total. The molecule has 0 radical (unpaired) electrons. The lowest BCUT2D eigenvalue weighted by Crippen LogP contribution is -2.51. The Hall–Kier alpha value is -1.06. The minimum absolute atomic E-state index is 0.0199. The largest absolute Gasteiger partial charge is 0.352 e. The molecule has 3 atom stereocenters. The van der Waals surface area contributed by atoms with Crippen LogP contribution in [0.5, 0.6) is 0 Å². The van der Waals surface area contributed by atoms with Crippen LogP contribution < -0.4 is 11.1 Å². The standard InChI is InChI=1S/C17H25ClN2O/c1-11-15(19)8-7-14(17(11,2)3)16(21)20-10-12-5-4-6-13(18)9-12/h4-6,9,11,14-15H,7-8,10,19H2,1-3H3,(H,20,21). The molecular formula is C17H25ClN2O. The van der Waals surface area contributed by atoms with Gasteiger partial charge < -0.3 is 11.1 Å². The van der Waals surface area contributed by atoms with E-state index in [1.54, 1.807) is 0 Å². The lowest BCUT2D eigenvalue weighted by atomic mass is 9.61. The smallest absolute Gasteiger partial charge is 0.223 e. The van der Waals surface area contributed by atoms with Gasteiger partial charge in [0.05, 0.1) is 0 Å². The van der Waals surface area contributed by atoms with Gasteiger partial charge >= 0.3 is 0 Å². The molecule has 3 N–H and O–H groups in total. The van der Waals surface area contributed by atoms with Gasteiger partial charge in [0.2, 0.25) is 5.91 Å². The zero-order valence-corrected chi connectivity index (χ0v) is 13.8. The Kier molecular flexibility index (Phi) is 4.95. The van der Waals surface area contributed by atoms with E-state index in [2.05, 4.69) is 26.1 Å². The number of hydrogen-bond donors (Lipinski definition) is 2. The zero-order valence-electron chi connectivity index (χ0n) is 13.0. The average molecular weight is 309 g/mol. The summed E-state index contributed by atoms with van der Waals surface area (Å²) in [6, 6.07) is 7.77. The maximum Gasteiger partial charge on any atom is 0.223 e. The number of carbonyl (C=O) groups is 1. The number of hydrogen-bond acceptors (Lipinski definition) is 2. The quantitative estimate of drug-likeness (QED) is 0.899. The minimum Gasteiger partial charge on any atom is -0.352 e. The molecule has 1 amide bonds. The summed E-state index contributed by atoms with van der Waals surface area (Å²) in [5.41, 5.74) is 7.10. The summed E-state index contributed by atoms with van der Waals surface area (Å²) in [5.74, 6) is 0.485. The van der Waals surface area contributed by atoms with Gasteiger partial charge in [-0.25, -0.2) is 0 Å². The average Bonchev–Trinajstić information content (AvgIpc) is 2.42.